The van der Waals surface area contributed by atoms with Crippen LogP contribution in [0, 0.1) is 0 Å². The molecule has 0 aliphatic carbocycles. The van der Waals surface area contributed by atoms with Gasteiger partial charge >= 0.3 is 12.1 Å². The molecule has 0 aliphatic rings. The molecule has 0 radical (unpaired) electrons. The average Bonchev–Trinajstić information content (AvgIpc) is 2.64. The van der Waals surface area contributed by atoms with E-state index in [9.17, 15) is 19.5 Å². The molecule has 0 spiro atoms. The number of methoxy groups -OCH3 is 1. The van der Waals surface area contributed by atoms with Gasteiger partial charge in [0.2, 0.25) is 5.91 Å². The Morgan fingerprint density at radius 1 is 1.27 bits per heavy atom. The first-order chi connectivity index (χ1) is 12.5. The number of hydrogen-bond donors (Lipinski definition) is 3. The van der Waals surface area contributed by atoms with Crippen LogP contribution in [0.2, 0.25) is 0 Å². The summed E-state index contributed by atoms with van der Waals surface area (Å²) in [6, 6.07) is 8.27. The number of amides is 2. The molecule has 0 aliphatic heterocycles. The Balaban J connectivity index is 2.30. The van der Waals surface area contributed by atoms with Crippen LogP contribution >= 0.6 is 0 Å². The standard InChI is InChI=1S/C18H24N2O6/c1-3-7-15(17(23)25-2)20-16(22)10-14(21)11-19-18(24)26-12-13-8-5-4-6-9-13/h3-6,8-9,14-15,21H,1,7,10-12H2,2H3,(H,19,24)(H,20,22)/t14-,15-/m0/s1. The van der Waals surface area contributed by atoms with E-state index in [0.29, 0.717) is 0 Å². The normalized spacial score (nSPS) is 12.4. The van der Waals surface area contributed by atoms with Gasteiger partial charge in [-0.05, 0) is 12.0 Å². The Labute approximate surface area is 152 Å². The maximum absolute atomic E-state index is 11.9. The third kappa shape index (κ3) is 8.29. The number of benzene rings is 1. The van der Waals surface area contributed by atoms with E-state index in [4.69, 9.17) is 4.74 Å². The van der Waals surface area contributed by atoms with Crippen LogP contribution in [0.15, 0.2) is 43.0 Å². The van der Waals surface area contributed by atoms with Crippen LogP contribution in [0.5, 0.6) is 0 Å². The molecular weight excluding hydrogens is 340 g/mol. The van der Waals surface area contributed by atoms with Gasteiger partial charge in [0.05, 0.1) is 19.6 Å². The lowest BCUT2D eigenvalue weighted by atomic mass is 10.2. The zero-order valence-electron chi connectivity index (χ0n) is 14.6. The Morgan fingerprint density at radius 2 is 1.96 bits per heavy atom. The number of esters is 1. The molecule has 26 heavy (non-hydrogen) atoms. The van der Waals surface area contributed by atoms with Crippen LogP contribution < -0.4 is 10.6 Å². The Morgan fingerprint density at radius 3 is 2.58 bits per heavy atom. The predicted molar refractivity (Wildman–Crippen MR) is 94.0 cm³/mol. The average molecular weight is 364 g/mol. The van der Waals surface area contributed by atoms with E-state index in [1.54, 1.807) is 0 Å². The van der Waals surface area contributed by atoms with Gasteiger partial charge < -0.3 is 25.2 Å². The van der Waals surface area contributed by atoms with Crippen molar-refractivity contribution in [1.29, 1.82) is 0 Å². The summed E-state index contributed by atoms with van der Waals surface area (Å²) >= 11 is 0. The van der Waals surface area contributed by atoms with Crippen LogP contribution in [0.25, 0.3) is 0 Å². The largest absolute Gasteiger partial charge is 0.467 e. The molecule has 1 rings (SSSR count). The molecule has 8 nitrogen and oxygen atoms in total. The van der Waals surface area contributed by atoms with Gasteiger partial charge in [-0.15, -0.1) is 6.58 Å². The molecule has 2 amide bonds. The minimum absolute atomic E-state index is 0.103. The Bertz CT molecular complexity index is 605. The fraction of sp³-hybridized carbons (Fsp3) is 0.389. The van der Waals surface area contributed by atoms with Crippen molar-refractivity contribution in [3.63, 3.8) is 0 Å². The Hall–Kier alpha value is -2.87. The van der Waals surface area contributed by atoms with Crippen LogP contribution in [0.3, 0.4) is 0 Å². The van der Waals surface area contributed by atoms with Gasteiger partial charge in [-0.3, -0.25) is 4.79 Å². The van der Waals surface area contributed by atoms with E-state index in [1.165, 1.54) is 13.2 Å². The third-order valence-corrected chi connectivity index (χ3v) is 3.34. The molecule has 8 heteroatoms. The smallest absolute Gasteiger partial charge is 0.407 e. The summed E-state index contributed by atoms with van der Waals surface area (Å²) in [7, 11) is 1.21. The molecular formula is C18H24N2O6. The van der Waals surface area contributed by atoms with E-state index in [1.807, 2.05) is 30.3 Å². The van der Waals surface area contributed by atoms with Gasteiger partial charge in [0, 0.05) is 6.54 Å². The molecule has 2 atom stereocenters. The number of ether oxygens (including phenoxy) is 2. The van der Waals surface area contributed by atoms with E-state index >= 15 is 0 Å². The highest BCUT2D eigenvalue weighted by Crippen LogP contribution is 2.01. The van der Waals surface area contributed by atoms with Crippen molar-refractivity contribution in [1.82, 2.24) is 10.6 Å². The third-order valence-electron chi connectivity index (χ3n) is 3.34. The highest BCUT2D eigenvalue weighted by Gasteiger charge is 2.21. The zero-order chi connectivity index (χ0) is 19.4. The van der Waals surface area contributed by atoms with Gasteiger partial charge in [-0.1, -0.05) is 36.4 Å². The molecule has 0 aromatic heterocycles. The first-order valence-electron chi connectivity index (χ1n) is 8.07. The number of rotatable bonds is 10. The van der Waals surface area contributed by atoms with Gasteiger partial charge in [0.25, 0.3) is 0 Å². The minimum atomic E-state index is -1.12. The van der Waals surface area contributed by atoms with E-state index < -0.39 is 30.1 Å². The number of carbonyl (C=O) groups is 3. The van der Waals surface area contributed by atoms with Crippen molar-refractivity contribution in [2.75, 3.05) is 13.7 Å². The summed E-state index contributed by atoms with van der Waals surface area (Å²) < 4.78 is 9.57. The number of hydrogen-bond acceptors (Lipinski definition) is 6. The minimum Gasteiger partial charge on any atom is -0.467 e. The van der Waals surface area contributed by atoms with E-state index in [-0.39, 0.29) is 26.0 Å². The van der Waals surface area contributed by atoms with Crippen molar-refractivity contribution in [3.8, 4) is 0 Å². The number of aliphatic hydroxyl groups excluding tert-OH is 1. The second-order valence-corrected chi connectivity index (χ2v) is 5.47. The highest BCUT2D eigenvalue weighted by molar-refractivity contribution is 5.84. The van der Waals surface area contributed by atoms with Crippen molar-refractivity contribution >= 4 is 18.0 Å². The Kier molecular flexibility index (Phi) is 9.48. The summed E-state index contributed by atoms with van der Waals surface area (Å²) in [5, 5.41) is 14.6. The van der Waals surface area contributed by atoms with E-state index in [2.05, 4.69) is 21.9 Å². The molecule has 0 unspecified atom stereocenters. The summed E-state index contributed by atoms with van der Waals surface area (Å²) in [6.07, 6.45) is -0.432. The van der Waals surface area contributed by atoms with Crippen molar-refractivity contribution in [2.45, 2.75) is 31.6 Å². The van der Waals surface area contributed by atoms with Crippen molar-refractivity contribution < 1.29 is 29.0 Å². The first-order valence-corrected chi connectivity index (χ1v) is 8.07. The fourth-order valence-electron chi connectivity index (χ4n) is 2.04. The van der Waals surface area contributed by atoms with Crippen molar-refractivity contribution in [3.05, 3.63) is 48.6 Å². The molecule has 0 saturated heterocycles. The van der Waals surface area contributed by atoms with Crippen LogP contribution in [-0.4, -0.2) is 48.9 Å². The van der Waals surface area contributed by atoms with E-state index in [0.717, 1.165) is 5.56 Å². The molecule has 0 bridgehead atoms. The SMILES string of the molecule is C=CC[C@H](NC(=O)C[C@H](O)CNC(=O)OCc1ccccc1)C(=O)OC. The lowest BCUT2D eigenvalue weighted by Crippen LogP contribution is -2.43. The molecule has 0 heterocycles. The predicted octanol–water partition coefficient (Wildman–Crippen LogP) is 0.898. The highest BCUT2D eigenvalue weighted by atomic mass is 16.5. The number of carbonyl (C=O) groups excluding carboxylic acids is 3. The molecule has 0 saturated carbocycles. The second kappa shape index (κ2) is 11.6. The van der Waals surface area contributed by atoms with Gasteiger partial charge in [-0.25, -0.2) is 9.59 Å². The number of alkyl carbamates (subject to hydrolysis) is 1. The van der Waals surface area contributed by atoms with Crippen LogP contribution in [-0.2, 0) is 25.7 Å². The summed E-state index contributed by atoms with van der Waals surface area (Å²) in [6.45, 7) is 3.45. The molecule has 1 aromatic carbocycles. The van der Waals surface area contributed by atoms with Crippen LogP contribution in [0.4, 0.5) is 4.79 Å². The lowest BCUT2D eigenvalue weighted by molar-refractivity contribution is -0.145. The summed E-state index contributed by atoms with van der Waals surface area (Å²) in [5.74, 6) is -1.15. The topological polar surface area (TPSA) is 114 Å². The zero-order valence-corrected chi connectivity index (χ0v) is 14.6. The van der Waals surface area contributed by atoms with Gasteiger partial charge in [0.1, 0.15) is 12.6 Å². The molecule has 0 fully saturated rings. The maximum Gasteiger partial charge on any atom is 0.407 e. The maximum atomic E-state index is 11.9. The van der Waals surface area contributed by atoms with Gasteiger partial charge in [-0.2, -0.15) is 0 Å². The summed E-state index contributed by atoms with van der Waals surface area (Å²) in [4.78, 5) is 34.9. The number of nitrogens with one attached hydrogen (secondary N) is 2. The quantitative estimate of drug-likeness (QED) is 0.420. The molecule has 3 N–H and O–H groups in total. The monoisotopic (exact) mass is 364 g/mol. The fourth-order valence-corrected chi connectivity index (χ4v) is 2.04. The second-order valence-electron chi connectivity index (χ2n) is 5.47. The first kappa shape index (κ1) is 21.2. The van der Waals surface area contributed by atoms with Crippen molar-refractivity contribution in [2.24, 2.45) is 0 Å². The number of aliphatic hydroxyl groups is 1. The lowest BCUT2D eigenvalue weighted by Gasteiger charge is -2.16. The molecule has 1 aromatic rings. The molecule has 142 valence electrons. The summed E-state index contributed by atoms with van der Waals surface area (Å²) in [5.41, 5.74) is 0.832. The van der Waals surface area contributed by atoms with Crippen LogP contribution in [0.1, 0.15) is 18.4 Å². The van der Waals surface area contributed by atoms with Gasteiger partial charge in [0.15, 0.2) is 0 Å².